The predicted octanol–water partition coefficient (Wildman–Crippen LogP) is 4.98. The summed E-state index contributed by atoms with van der Waals surface area (Å²) in [6, 6.07) is 8.91. The number of ether oxygens (including phenoxy) is 1. The van der Waals surface area contributed by atoms with Gasteiger partial charge in [-0.05, 0) is 52.0 Å². The van der Waals surface area contributed by atoms with E-state index in [-0.39, 0.29) is 17.0 Å². The topological polar surface area (TPSA) is 68.2 Å². The molecular weight excluding hydrogens is 328 g/mol. The van der Waals surface area contributed by atoms with Crippen LogP contribution in [0.1, 0.15) is 54.2 Å². The van der Waals surface area contributed by atoms with Crippen LogP contribution in [0.5, 0.6) is 5.75 Å². The lowest BCUT2D eigenvalue weighted by atomic mass is 9.92. The minimum Gasteiger partial charge on any atom is -0.494 e. The minimum absolute atomic E-state index is 0.0987. The van der Waals surface area contributed by atoms with E-state index in [2.05, 4.69) is 52.2 Å². The summed E-state index contributed by atoms with van der Waals surface area (Å²) in [5.41, 5.74) is 1.29. The summed E-state index contributed by atoms with van der Waals surface area (Å²) in [4.78, 5) is 12.4. The van der Waals surface area contributed by atoms with Gasteiger partial charge < -0.3 is 10.1 Å². The maximum absolute atomic E-state index is 12.4. The van der Waals surface area contributed by atoms with Crippen molar-refractivity contribution in [2.75, 3.05) is 17.2 Å². The summed E-state index contributed by atoms with van der Waals surface area (Å²) < 4.78 is 7.26. The van der Waals surface area contributed by atoms with Crippen LogP contribution in [0.3, 0.4) is 0 Å². The van der Waals surface area contributed by atoms with Crippen LogP contribution in [0, 0.1) is 0 Å². The van der Waals surface area contributed by atoms with Gasteiger partial charge in [-0.3, -0.25) is 5.32 Å². The summed E-state index contributed by atoms with van der Waals surface area (Å²) in [5, 5.41) is 10.5. The molecular formula is C20H30N4O2. The van der Waals surface area contributed by atoms with Crippen molar-refractivity contribution in [3.8, 4) is 5.75 Å². The van der Waals surface area contributed by atoms with E-state index in [4.69, 9.17) is 9.84 Å². The van der Waals surface area contributed by atoms with Gasteiger partial charge in [0.25, 0.3) is 0 Å². The van der Waals surface area contributed by atoms with Gasteiger partial charge in [0.1, 0.15) is 11.6 Å². The number of aromatic nitrogens is 2. The average molecular weight is 358 g/mol. The number of carbonyl (C=O) groups excluding carboxylic acids is 1. The molecule has 26 heavy (non-hydrogen) atoms. The SMILES string of the molecule is CCOc1ccc(NC(=O)Nc2cc(C(C)(C)C)nn2C(C)(C)C)cc1. The number of amides is 2. The number of carbonyl (C=O) groups is 1. The van der Waals surface area contributed by atoms with Gasteiger partial charge >= 0.3 is 6.03 Å². The second-order valence-electron chi connectivity index (χ2n) is 8.28. The van der Waals surface area contributed by atoms with Gasteiger partial charge in [0.2, 0.25) is 0 Å². The predicted molar refractivity (Wildman–Crippen MR) is 106 cm³/mol. The molecule has 0 aliphatic heterocycles. The van der Waals surface area contributed by atoms with Crippen LogP contribution in [0.15, 0.2) is 30.3 Å². The first-order valence-corrected chi connectivity index (χ1v) is 8.92. The highest BCUT2D eigenvalue weighted by Crippen LogP contribution is 2.28. The molecule has 0 atom stereocenters. The fraction of sp³-hybridized carbons (Fsp3) is 0.500. The molecule has 0 fully saturated rings. The van der Waals surface area contributed by atoms with Crippen LogP contribution < -0.4 is 15.4 Å². The van der Waals surface area contributed by atoms with E-state index in [0.717, 1.165) is 11.4 Å². The molecule has 0 aliphatic rings. The van der Waals surface area contributed by atoms with Crippen LogP contribution in [0.4, 0.5) is 16.3 Å². The van der Waals surface area contributed by atoms with Gasteiger partial charge in [-0.25, -0.2) is 9.48 Å². The quantitative estimate of drug-likeness (QED) is 0.810. The van der Waals surface area contributed by atoms with Crippen LogP contribution in [-0.2, 0) is 11.0 Å². The minimum atomic E-state index is -0.306. The highest BCUT2D eigenvalue weighted by atomic mass is 16.5. The highest BCUT2D eigenvalue weighted by Gasteiger charge is 2.25. The monoisotopic (exact) mass is 358 g/mol. The van der Waals surface area contributed by atoms with Gasteiger partial charge in [-0.2, -0.15) is 5.10 Å². The van der Waals surface area contributed by atoms with Crippen molar-refractivity contribution in [3.63, 3.8) is 0 Å². The number of anilines is 2. The van der Waals surface area contributed by atoms with Crippen molar-refractivity contribution in [2.45, 2.75) is 59.4 Å². The molecule has 1 heterocycles. The molecule has 2 aromatic rings. The Morgan fingerprint density at radius 2 is 1.69 bits per heavy atom. The average Bonchev–Trinajstić information content (AvgIpc) is 2.93. The first kappa shape index (κ1) is 19.8. The molecule has 6 nitrogen and oxygen atoms in total. The number of hydrogen-bond donors (Lipinski definition) is 2. The third-order valence-electron chi connectivity index (χ3n) is 3.78. The highest BCUT2D eigenvalue weighted by molar-refractivity contribution is 5.99. The van der Waals surface area contributed by atoms with E-state index >= 15 is 0 Å². The second kappa shape index (κ2) is 7.40. The van der Waals surface area contributed by atoms with Gasteiger partial charge in [-0.15, -0.1) is 0 Å². The third-order valence-corrected chi connectivity index (χ3v) is 3.78. The fourth-order valence-corrected chi connectivity index (χ4v) is 2.43. The number of nitrogens with zero attached hydrogens (tertiary/aromatic N) is 2. The van der Waals surface area contributed by atoms with E-state index in [1.807, 2.05) is 41.9 Å². The zero-order valence-electron chi connectivity index (χ0n) is 16.8. The maximum Gasteiger partial charge on any atom is 0.324 e. The smallest absolute Gasteiger partial charge is 0.324 e. The zero-order valence-corrected chi connectivity index (χ0v) is 16.8. The summed E-state index contributed by atoms with van der Waals surface area (Å²) in [6.45, 7) is 15.0. The van der Waals surface area contributed by atoms with Crippen molar-refractivity contribution < 1.29 is 9.53 Å². The zero-order chi connectivity index (χ0) is 19.5. The third kappa shape index (κ3) is 5.00. The molecule has 0 unspecified atom stereocenters. The summed E-state index contributed by atoms with van der Waals surface area (Å²) in [7, 11) is 0. The van der Waals surface area contributed by atoms with Crippen molar-refractivity contribution >= 4 is 17.5 Å². The molecule has 1 aromatic heterocycles. The van der Waals surface area contributed by atoms with Gasteiger partial charge in [0.15, 0.2) is 0 Å². The maximum atomic E-state index is 12.4. The molecule has 0 saturated heterocycles. The number of urea groups is 1. The van der Waals surface area contributed by atoms with E-state index in [9.17, 15) is 4.79 Å². The summed E-state index contributed by atoms with van der Waals surface area (Å²) >= 11 is 0. The van der Waals surface area contributed by atoms with Gasteiger partial charge in [0.05, 0.1) is 17.8 Å². The van der Waals surface area contributed by atoms with Crippen molar-refractivity contribution in [3.05, 3.63) is 36.0 Å². The Kier molecular flexibility index (Phi) is 5.64. The van der Waals surface area contributed by atoms with Crippen molar-refractivity contribution in [1.29, 1.82) is 0 Å². The molecule has 2 rings (SSSR count). The summed E-state index contributed by atoms with van der Waals surface area (Å²) in [6.07, 6.45) is 0. The second-order valence-corrected chi connectivity index (χ2v) is 8.28. The van der Waals surface area contributed by atoms with Crippen LogP contribution >= 0.6 is 0 Å². The lowest BCUT2D eigenvalue weighted by Gasteiger charge is -2.23. The number of benzene rings is 1. The molecule has 0 radical (unpaired) electrons. The molecule has 0 saturated carbocycles. The number of rotatable bonds is 4. The first-order valence-electron chi connectivity index (χ1n) is 8.92. The Labute approximate surface area is 155 Å². The summed E-state index contributed by atoms with van der Waals surface area (Å²) in [5.74, 6) is 1.45. The molecule has 6 heteroatoms. The van der Waals surface area contributed by atoms with E-state index < -0.39 is 0 Å². The Bertz CT molecular complexity index is 750. The van der Waals surface area contributed by atoms with Crippen LogP contribution in [0.25, 0.3) is 0 Å². The lowest BCUT2D eigenvalue weighted by Crippen LogP contribution is -2.28. The van der Waals surface area contributed by atoms with E-state index in [1.165, 1.54) is 0 Å². The Hall–Kier alpha value is -2.50. The van der Waals surface area contributed by atoms with Crippen molar-refractivity contribution in [1.82, 2.24) is 9.78 Å². The lowest BCUT2D eigenvalue weighted by molar-refractivity contribution is 0.261. The fourth-order valence-electron chi connectivity index (χ4n) is 2.43. The molecule has 0 aliphatic carbocycles. The molecule has 1 aromatic carbocycles. The van der Waals surface area contributed by atoms with E-state index in [1.54, 1.807) is 0 Å². The van der Waals surface area contributed by atoms with E-state index in [0.29, 0.717) is 18.1 Å². The Morgan fingerprint density at radius 3 is 2.19 bits per heavy atom. The number of nitrogens with one attached hydrogen (secondary N) is 2. The standard InChI is InChI=1S/C20H30N4O2/c1-8-26-15-11-9-14(10-12-15)21-18(25)22-17-13-16(19(2,3)4)23-24(17)20(5,6)7/h9-13H,8H2,1-7H3,(H2,21,22,25). The van der Waals surface area contributed by atoms with Gasteiger partial charge in [0, 0.05) is 17.2 Å². The normalized spacial score (nSPS) is 12.0. The molecule has 142 valence electrons. The number of hydrogen-bond acceptors (Lipinski definition) is 3. The molecule has 0 spiro atoms. The van der Waals surface area contributed by atoms with Crippen LogP contribution in [0.2, 0.25) is 0 Å². The molecule has 0 bridgehead atoms. The molecule has 2 N–H and O–H groups in total. The van der Waals surface area contributed by atoms with Crippen LogP contribution in [-0.4, -0.2) is 22.4 Å². The van der Waals surface area contributed by atoms with Crippen molar-refractivity contribution in [2.24, 2.45) is 0 Å². The largest absolute Gasteiger partial charge is 0.494 e. The first-order chi connectivity index (χ1) is 12.0. The molecule has 2 amide bonds. The van der Waals surface area contributed by atoms with Gasteiger partial charge in [-0.1, -0.05) is 20.8 Å². The Morgan fingerprint density at radius 1 is 1.08 bits per heavy atom. The Balaban J connectivity index is 2.16.